The molecule has 0 atom stereocenters. The molecule has 0 bridgehead atoms. The average molecular weight is 474 g/mol. The molecule has 1 amide bonds. The van der Waals surface area contributed by atoms with E-state index in [9.17, 15) is 17.6 Å². The molecular weight excluding hydrogens is 449 g/mol. The van der Waals surface area contributed by atoms with Gasteiger partial charge in [0.15, 0.2) is 0 Å². The van der Waals surface area contributed by atoms with Gasteiger partial charge < -0.3 is 14.8 Å². The number of amides is 1. The first-order valence-corrected chi connectivity index (χ1v) is 11.7. The highest BCUT2D eigenvalue weighted by atomic mass is 32.2. The highest BCUT2D eigenvalue weighted by Crippen LogP contribution is 2.23. The molecule has 0 aliphatic heterocycles. The second-order valence-corrected chi connectivity index (χ2v) is 8.65. The Balaban J connectivity index is 1.45. The van der Waals surface area contributed by atoms with Gasteiger partial charge in [0, 0.05) is 31.8 Å². The predicted molar refractivity (Wildman–Crippen MR) is 120 cm³/mol. The first kappa shape index (κ1) is 24.1. The maximum atomic E-state index is 12.9. The van der Waals surface area contributed by atoms with E-state index >= 15 is 0 Å². The monoisotopic (exact) mass is 473 g/mol. The number of nitrogens with zero attached hydrogens (tertiary/aromatic N) is 1. The van der Waals surface area contributed by atoms with Crippen molar-refractivity contribution >= 4 is 15.9 Å². The molecule has 0 aliphatic carbocycles. The number of carbonyl (C=O) groups excluding carboxylic acids is 1. The van der Waals surface area contributed by atoms with Gasteiger partial charge in [-0.1, -0.05) is 0 Å². The van der Waals surface area contributed by atoms with E-state index in [0.29, 0.717) is 18.2 Å². The van der Waals surface area contributed by atoms with E-state index in [1.54, 1.807) is 42.6 Å². The maximum absolute atomic E-state index is 12.9. The van der Waals surface area contributed by atoms with Crippen molar-refractivity contribution in [2.75, 3.05) is 13.2 Å². The fourth-order valence-electron chi connectivity index (χ4n) is 2.79. The van der Waals surface area contributed by atoms with Crippen molar-refractivity contribution in [1.29, 1.82) is 0 Å². The number of halogens is 1. The molecule has 0 spiro atoms. The number of sulfonamides is 1. The average Bonchev–Trinajstić information content (AvgIpc) is 2.80. The molecule has 3 rings (SSSR count). The Morgan fingerprint density at radius 3 is 2.42 bits per heavy atom. The molecule has 1 aromatic heterocycles. The molecule has 3 aromatic rings. The number of pyridine rings is 1. The fraction of sp³-hybridized carbons (Fsp3) is 0.217. The number of ether oxygens (including phenoxy) is 2. The number of carbonyl (C=O) groups is 1. The molecule has 0 fully saturated rings. The van der Waals surface area contributed by atoms with Gasteiger partial charge in [0.25, 0.3) is 0 Å². The Morgan fingerprint density at radius 1 is 1.03 bits per heavy atom. The summed E-state index contributed by atoms with van der Waals surface area (Å²) < 4.78 is 50.7. The number of nitrogens with one attached hydrogen (secondary N) is 2. The first-order chi connectivity index (χ1) is 15.9. The molecule has 2 aromatic carbocycles. The highest BCUT2D eigenvalue weighted by molar-refractivity contribution is 7.89. The summed E-state index contributed by atoms with van der Waals surface area (Å²) in [4.78, 5) is 16.2. The molecular formula is C23H24FN3O5S. The molecule has 8 nitrogen and oxygen atoms in total. The fourth-order valence-corrected chi connectivity index (χ4v) is 3.82. The molecule has 1 heterocycles. The zero-order chi connectivity index (χ0) is 23.7. The Kier molecular flexibility index (Phi) is 8.34. The minimum atomic E-state index is -3.81. The van der Waals surface area contributed by atoms with E-state index in [1.165, 1.54) is 0 Å². The third kappa shape index (κ3) is 7.55. The van der Waals surface area contributed by atoms with Crippen LogP contribution in [0.25, 0.3) is 0 Å². The third-order valence-corrected chi connectivity index (χ3v) is 5.89. The smallest absolute Gasteiger partial charge is 0.240 e. The summed E-state index contributed by atoms with van der Waals surface area (Å²) in [6.45, 7) is 2.63. The van der Waals surface area contributed by atoms with E-state index < -0.39 is 15.8 Å². The van der Waals surface area contributed by atoms with Gasteiger partial charge in [-0.2, -0.15) is 0 Å². The normalized spacial score (nSPS) is 11.1. The lowest BCUT2D eigenvalue weighted by atomic mass is 10.2. The van der Waals surface area contributed by atoms with Crippen LogP contribution in [0.2, 0.25) is 0 Å². The van der Waals surface area contributed by atoms with E-state index in [4.69, 9.17) is 9.47 Å². The number of hydrogen-bond donors (Lipinski definition) is 2. The van der Waals surface area contributed by atoms with Gasteiger partial charge in [0.05, 0.1) is 11.5 Å². The van der Waals surface area contributed by atoms with Gasteiger partial charge >= 0.3 is 0 Å². The van der Waals surface area contributed by atoms with Crippen molar-refractivity contribution in [3.8, 4) is 17.4 Å². The van der Waals surface area contributed by atoms with Crippen LogP contribution in [0, 0.1) is 5.82 Å². The molecule has 0 saturated carbocycles. The molecule has 33 heavy (non-hydrogen) atoms. The van der Waals surface area contributed by atoms with Gasteiger partial charge in [-0.25, -0.2) is 22.5 Å². The van der Waals surface area contributed by atoms with Gasteiger partial charge in [-0.3, -0.25) is 4.79 Å². The van der Waals surface area contributed by atoms with Crippen LogP contribution in [-0.2, 0) is 21.4 Å². The van der Waals surface area contributed by atoms with Crippen LogP contribution in [0.1, 0.15) is 18.9 Å². The summed E-state index contributed by atoms with van der Waals surface area (Å²) in [7, 11) is -3.81. The van der Waals surface area contributed by atoms with Gasteiger partial charge in [-0.05, 0) is 67.1 Å². The second kappa shape index (κ2) is 11.4. The quantitative estimate of drug-likeness (QED) is 0.442. The van der Waals surface area contributed by atoms with Crippen molar-refractivity contribution < 1.29 is 27.1 Å². The maximum Gasteiger partial charge on any atom is 0.240 e. The summed E-state index contributed by atoms with van der Waals surface area (Å²) >= 11 is 0. The van der Waals surface area contributed by atoms with Crippen molar-refractivity contribution in [2.45, 2.75) is 24.8 Å². The zero-order valence-electron chi connectivity index (χ0n) is 18.0. The second-order valence-electron chi connectivity index (χ2n) is 6.89. The van der Waals surface area contributed by atoms with Gasteiger partial charge in [0.2, 0.25) is 21.8 Å². The Morgan fingerprint density at radius 2 is 1.73 bits per heavy atom. The van der Waals surface area contributed by atoms with Crippen LogP contribution in [0.4, 0.5) is 4.39 Å². The van der Waals surface area contributed by atoms with Crippen LogP contribution < -0.4 is 19.5 Å². The lowest BCUT2D eigenvalue weighted by molar-refractivity contribution is -0.121. The Hall–Kier alpha value is -3.50. The largest absolute Gasteiger partial charge is 0.494 e. The number of aromatic nitrogens is 1. The van der Waals surface area contributed by atoms with E-state index in [-0.39, 0.29) is 30.3 Å². The molecule has 0 unspecified atom stereocenters. The number of benzene rings is 2. The molecule has 10 heteroatoms. The highest BCUT2D eigenvalue weighted by Gasteiger charge is 2.14. The standard InChI is InChI=1S/C23H24FN3O5S/c1-2-31-19-5-7-20(8-6-19)32-23-15-17(11-13-25-23)16-26-22(28)12-14-27-33(29,30)21-9-3-18(24)4-10-21/h3-11,13,15,27H,2,12,14,16H2,1H3,(H,26,28). The molecule has 0 aliphatic rings. The van der Waals surface area contributed by atoms with E-state index in [0.717, 1.165) is 35.6 Å². The molecule has 174 valence electrons. The van der Waals surface area contributed by atoms with Crippen LogP contribution >= 0.6 is 0 Å². The van der Waals surface area contributed by atoms with E-state index in [1.807, 2.05) is 6.92 Å². The topological polar surface area (TPSA) is 107 Å². The lowest BCUT2D eigenvalue weighted by Crippen LogP contribution is -2.30. The minimum absolute atomic E-state index is 0.0545. The summed E-state index contributed by atoms with van der Waals surface area (Å²) in [6.07, 6.45) is 1.52. The SMILES string of the molecule is CCOc1ccc(Oc2cc(CNC(=O)CCNS(=O)(=O)c3ccc(F)cc3)ccn2)cc1. The van der Waals surface area contributed by atoms with Crippen molar-refractivity contribution in [1.82, 2.24) is 15.0 Å². The zero-order valence-corrected chi connectivity index (χ0v) is 18.8. The lowest BCUT2D eigenvalue weighted by Gasteiger charge is -2.09. The molecule has 2 N–H and O–H groups in total. The summed E-state index contributed by atoms with van der Waals surface area (Å²) in [5, 5.41) is 2.72. The first-order valence-electron chi connectivity index (χ1n) is 10.2. The number of rotatable bonds is 11. The van der Waals surface area contributed by atoms with Crippen LogP contribution in [-0.4, -0.2) is 32.5 Å². The molecule has 0 saturated heterocycles. The summed E-state index contributed by atoms with van der Waals surface area (Å²) in [5.74, 6) is 0.854. The molecule has 0 radical (unpaired) electrons. The van der Waals surface area contributed by atoms with Crippen molar-refractivity contribution in [2.24, 2.45) is 0 Å². The van der Waals surface area contributed by atoms with E-state index in [2.05, 4.69) is 15.0 Å². The van der Waals surface area contributed by atoms with Crippen molar-refractivity contribution in [3.05, 3.63) is 78.2 Å². The summed E-state index contributed by atoms with van der Waals surface area (Å²) in [6, 6.07) is 15.0. The third-order valence-electron chi connectivity index (χ3n) is 4.41. The minimum Gasteiger partial charge on any atom is -0.494 e. The van der Waals surface area contributed by atoms with Gasteiger partial charge in [0.1, 0.15) is 17.3 Å². The van der Waals surface area contributed by atoms with Gasteiger partial charge in [-0.15, -0.1) is 0 Å². The van der Waals surface area contributed by atoms with Crippen LogP contribution in [0.3, 0.4) is 0 Å². The van der Waals surface area contributed by atoms with Crippen LogP contribution in [0.5, 0.6) is 17.4 Å². The predicted octanol–water partition coefficient (Wildman–Crippen LogP) is 3.40. The Labute approximate surface area is 191 Å². The summed E-state index contributed by atoms with van der Waals surface area (Å²) in [5.41, 5.74) is 0.770. The van der Waals surface area contributed by atoms with Crippen LogP contribution in [0.15, 0.2) is 71.8 Å². The Bertz CT molecular complexity index is 1170. The van der Waals surface area contributed by atoms with Crippen molar-refractivity contribution in [3.63, 3.8) is 0 Å². The number of hydrogen-bond acceptors (Lipinski definition) is 6.